The number of hydrogen-bond acceptors (Lipinski definition) is 4. The lowest BCUT2D eigenvalue weighted by atomic mass is 9.75. The lowest BCUT2D eigenvalue weighted by Gasteiger charge is -2.34. The highest BCUT2D eigenvalue weighted by Crippen LogP contribution is 2.45. The van der Waals surface area contributed by atoms with Crippen molar-refractivity contribution in [2.75, 3.05) is 0 Å². The van der Waals surface area contributed by atoms with E-state index in [9.17, 15) is 9.59 Å². The van der Waals surface area contributed by atoms with E-state index in [1.54, 1.807) is 32.0 Å². The molecule has 0 spiro atoms. The highest BCUT2D eigenvalue weighted by atomic mass is 35.5. The number of ketones is 1. The number of dihydropyridines is 1. The van der Waals surface area contributed by atoms with Crippen molar-refractivity contribution in [1.82, 2.24) is 5.32 Å². The quantitative estimate of drug-likeness (QED) is 0.740. The topological polar surface area (TPSA) is 55.4 Å². The molecule has 4 nitrogen and oxygen atoms in total. The van der Waals surface area contributed by atoms with Crippen molar-refractivity contribution in [3.8, 4) is 0 Å². The molecule has 0 radical (unpaired) electrons. The van der Waals surface area contributed by atoms with E-state index < -0.39 is 11.9 Å². The van der Waals surface area contributed by atoms with E-state index in [0.717, 1.165) is 18.5 Å². The van der Waals surface area contributed by atoms with Crippen LogP contribution in [0.4, 0.5) is 0 Å². The third-order valence-electron chi connectivity index (χ3n) is 4.61. The zero-order chi connectivity index (χ0) is 19.0. The number of esters is 1. The minimum absolute atomic E-state index is 0.0390. The number of Topliss-reactive ketones (excluding diaryl/α,β-unsaturated/α-hetero) is 1. The average Bonchev–Trinajstić information content (AvgIpc) is 2.53. The Morgan fingerprint density at radius 2 is 2.00 bits per heavy atom. The van der Waals surface area contributed by atoms with E-state index in [1.807, 2.05) is 6.92 Å². The fourth-order valence-corrected chi connectivity index (χ4v) is 4.10. The van der Waals surface area contributed by atoms with Gasteiger partial charge in [-0.2, -0.15) is 0 Å². The molecule has 1 aliphatic carbocycles. The highest BCUT2D eigenvalue weighted by molar-refractivity contribution is 6.35. The number of halogens is 2. The van der Waals surface area contributed by atoms with Gasteiger partial charge in [0.05, 0.1) is 11.7 Å². The molecule has 1 N–H and O–H groups in total. The standard InChI is InChI=1S/C20H21Cl2NO3/c1-10(2)26-20(25)17-11(3)23-15-5-4-6-16(24)19(15)18(17)13-8-7-12(21)9-14(13)22/h7-10,18,23H,4-6H2,1-3H3/t18-/m1/s1. The molecule has 2 aliphatic rings. The van der Waals surface area contributed by atoms with Gasteiger partial charge in [-0.3, -0.25) is 4.79 Å². The largest absolute Gasteiger partial charge is 0.460 e. The molecular weight excluding hydrogens is 373 g/mol. The van der Waals surface area contributed by atoms with Gasteiger partial charge in [0.15, 0.2) is 5.78 Å². The Kier molecular flexibility index (Phi) is 5.44. The Morgan fingerprint density at radius 3 is 2.65 bits per heavy atom. The van der Waals surface area contributed by atoms with Gasteiger partial charge in [0, 0.05) is 39.4 Å². The Hall–Kier alpha value is -1.78. The van der Waals surface area contributed by atoms with Crippen LogP contribution in [-0.4, -0.2) is 17.9 Å². The molecule has 1 aromatic carbocycles. The number of nitrogens with one attached hydrogen (secondary N) is 1. The molecule has 0 aromatic heterocycles. The van der Waals surface area contributed by atoms with E-state index in [1.165, 1.54) is 0 Å². The highest BCUT2D eigenvalue weighted by Gasteiger charge is 2.40. The van der Waals surface area contributed by atoms with Gasteiger partial charge >= 0.3 is 5.97 Å². The summed E-state index contributed by atoms with van der Waals surface area (Å²) in [5.74, 6) is -0.946. The molecule has 1 heterocycles. The maximum Gasteiger partial charge on any atom is 0.337 e. The summed E-state index contributed by atoms with van der Waals surface area (Å²) in [6.07, 6.45) is 1.77. The third kappa shape index (κ3) is 3.53. The molecule has 26 heavy (non-hydrogen) atoms. The van der Waals surface area contributed by atoms with Crippen LogP contribution in [0, 0.1) is 0 Å². The zero-order valence-corrected chi connectivity index (χ0v) is 16.5. The van der Waals surface area contributed by atoms with E-state index in [4.69, 9.17) is 27.9 Å². The van der Waals surface area contributed by atoms with Crippen molar-refractivity contribution in [3.63, 3.8) is 0 Å². The molecule has 0 fully saturated rings. The Balaban J connectivity index is 2.18. The third-order valence-corrected chi connectivity index (χ3v) is 5.17. The van der Waals surface area contributed by atoms with Gasteiger partial charge in [-0.1, -0.05) is 29.3 Å². The molecule has 1 aromatic rings. The molecule has 138 valence electrons. The van der Waals surface area contributed by atoms with Crippen LogP contribution in [0.15, 0.2) is 40.7 Å². The van der Waals surface area contributed by atoms with Crippen molar-refractivity contribution >= 4 is 35.0 Å². The van der Waals surface area contributed by atoms with Crippen molar-refractivity contribution in [1.29, 1.82) is 0 Å². The molecule has 1 aliphatic heterocycles. The molecule has 6 heteroatoms. The molecule has 3 rings (SSSR count). The van der Waals surface area contributed by atoms with Gasteiger partial charge in [0.25, 0.3) is 0 Å². The summed E-state index contributed by atoms with van der Waals surface area (Å²) >= 11 is 12.5. The Labute approximate surface area is 163 Å². The Morgan fingerprint density at radius 1 is 1.27 bits per heavy atom. The first-order chi connectivity index (χ1) is 12.3. The Bertz CT molecular complexity index is 839. The number of carbonyl (C=O) groups excluding carboxylic acids is 2. The summed E-state index contributed by atoms with van der Waals surface area (Å²) in [6, 6.07) is 5.14. The monoisotopic (exact) mass is 393 g/mol. The van der Waals surface area contributed by atoms with Gasteiger partial charge in [0.1, 0.15) is 0 Å². The van der Waals surface area contributed by atoms with Crippen LogP contribution in [0.1, 0.15) is 51.5 Å². The first kappa shape index (κ1) is 19.0. The second kappa shape index (κ2) is 7.45. The fraction of sp³-hybridized carbons (Fsp3) is 0.400. The van der Waals surface area contributed by atoms with Crippen LogP contribution in [0.5, 0.6) is 0 Å². The second-order valence-electron chi connectivity index (χ2n) is 6.89. The minimum Gasteiger partial charge on any atom is -0.460 e. The maximum atomic E-state index is 12.8. The van der Waals surface area contributed by atoms with Gasteiger partial charge < -0.3 is 10.1 Å². The van der Waals surface area contributed by atoms with Crippen LogP contribution in [0.25, 0.3) is 0 Å². The van der Waals surface area contributed by atoms with Crippen molar-refractivity contribution in [2.24, 2.45) is 0 Å². The summed E-state index contributed by atoms with van der Waals surface area (Å²) in [5.41, 5.74) is 3.30. The zero-order valence-electron chi connectivity index (χ0n) is 15.0. The maximum absolute atomic E-state index is 12.8. The van der Waals surface area contributed by atoms with Gasteiger partial charge in [-0.15, -0.1) is 0 Å². The predicted molar refractivity (Wildman–Crippen MR) is 102 cm³/mol. The summed E-state index contributed by atoms with van der Waals surface area (Å²) in [7, 11) is 0. The number of allylic oxidation sites excluding steroid dienone is 3. The van der Waals surface area contributed by atoms with Crippen molar-refractivity contribution in [3.05, 3.63) is 56.3 Å². The molecular formula is C20H21Cl2NO3. The smallest absolute Gasteiger partial charge is 0.337 e. The number of ether oxygens (including phenoxy) is 1. The second-order valence-corrected chi connectivity index (χ2v) is 7.73. The van der Waals surface area contributed by atoms with Crippen LogP contribution in [0.3, 0.4) is 0 Å². The molecule has 0 unspecified atom stereocenters. The molecule has 1 atom stereocenters. The van der Waals surface area contributed by atoms with Crippen LogP contribution in [0.2, 0.25) is 10.0 Å². The minimum atomic E-state index is -0.546. The summed E-state index contributed by atoms with van der Waals surface area (Å²) in [4.78, 5) is 25.6. The number of rotatable bonds is 3. The summed E-state index contributed by atoms with van der Waals surface area (Å²) in [6.45, 7) is 5.42. The van der Waals surface area contributed by atoms with Crippen LogP contribution >= 0.6 is 23.2 Å². The lowest BCUT2D eigenvalue weighted by Crippen LogP contribution is -2.35. The van der Waals surface area contributed by atoms with Gasteiger partial charge in [0.2, 0.25) is 0 Å². The van der Waals surface area contributed by atoms with Gasteiger partial charge in [-0.05, 0) is 51.3 Å². The fourth-order valence-electron chi connectivity index (χ4n) is 3.58. The van der Waals surface area contributed by atoms with Crippen molar-refractivity contribution in [2.45, 2.75) is 52.1 Å². The normalized spacial score (nSPS) is 20.2. The van der Waals surface area contributed by atoms with E-state index in [2.05, 4.69) is 5.32 Å². The lowest BCUT2D eigenvalue weighted by molar-refractivity contribution is -0.143. The van der Waals surface area contributed by atoms with Gasteiger partial charge in [-0.25, -0.2) is 4.79 Å². The number of hydrogen-bond donors (Lipinski definition) is 1. The average molecular weight is 394 g/mol. The summed E-state index contributed by atoms with van der Waals surface area (Å²) in [5, 5.41) is 4.18. The molecule has 0 amide bonds. The van der Waals surface area contributed by atoms with E-state index in [0.29, 0.717) is 38.9 Å². The predicted octanol–water partition coefficient (Wildman–Crippen LogP) is 4.91. The van der Waals surface area contributed by atoms with Crippen molar-refractivity contribution < 1.29 is 14.3 Å². The van der Waals surface area contributed by atoms with Crippen LogP contribution in [-0.2, 0) is 14.3 Å². The molecule has 0 saturated heterocycles. The first-order valence-corrected chi connectivity index (χ1v) is 9.45. The number of benzene rings is 1. The molecule has 0 bridgehead atoms. The van der Waals surface area contributed by atoms with E-state index in [-0.39, 0.29) is 11.9 Å². The summed E-state index contributed by atoms with van der Waals surface area (Å²) < 4.78 is 5.45. The molecule has 0 saturated carbocycles. The SMILES string of the molecule is CC1=C(C(=O)OC(C)C)[C@@H](c2ccc(Cl)cc2Cl)C2=C(CCCC2=O)N1. The van der Waals surface area contributed by atoms with Crippen LogP contribution < -0.4 is 5.32 Å². The number of carbonyl (C=O) groups is 2. The van der Waals surface area contributed by atoms with E-state index >= 15 is 0 Å². The first-order valence-electron chi connectivity index (χ1n) is 8.69.